The van der Waals surface area contributed by atoms with E-state index in [1.165, 1.54) is 7.11 Å². The maximum absolute atomic E-state index is 12.2. The summed E-state index contributed by atoms with van der Waals surface area (Å²) in [7, 11) is 3.07. The molecular weight excluding hydrogens is 242 g/mol. The number of anilines is 1. The Morgan fingerprint density at radius 2 is 2.11 bits per heavy atom. The van der Waals surface area contributed by atoms with E-state index in [-0.39, 0.29) is 11.9 Å². The van der Waals surface area contributed by atoms with Crippen LogP contribution in [0.5, 0.6) is 5.75 Å². The number of hydrogen-bond acceptors (Lipinski definition) is 4. The molecule has 0 bridgehead atoms. The maximum atomic E-state index is 12.2. The fourth-order valence-electron chi connectivity index (χ4n) is 2.89. The van der Waals surface area contributed by atoms with Gasteiger partial charge in [-0.3, -0.25) is 0 Å². The van der Waals surface area contributed by atoms with Gasteiger partial charge in [-0.2, -0.15) is 0 Å². The first-order chi connectivity index (χ1) is 9.14. The summed E-state index contributed by atoms with van der Waals surface area (Å²) in [6.07, 6.45) is 2.84. The van der Waals surface area contributed by atoms with Crippen LogP contribution in [0.3, 0.4) is 0 Å². The molecule has 1 aliphatic carbocycles. The Kier molecular flexibility index (Phi) is 3.98. The number of carbonyl (C=O) groups is 1. The zero-order valence-electron chi connectivity index (χ0n) is 11.7. The molecule has 0 saturated heterocycles. The molecule has 0 radical (unpaired) electrons. The molecular formula is C15H21NO3. The standard InChI is InChI=1S/C15H21NO3/c1-11-7-6-10-15(11,14(17)19-3)16-12-8-4-5-9-13(12)18-2/h4-5,8-9,11,16H,6-7,10H2,1-3H3. The Morgan fingerprint density at radius 3 is 2.68 bits per heavy atom. The second kappa shape index (κ2) is 5.51. The lowest BCUT2D eigenvalue weighted by Crippen LogP contribution is -2.49. The van der Waals surface area contributed by atoms with Gasteiger partial charge in [-0.1, -0.05) is 25.5 Å². The lowest BCUT2D eigenvalue weighted by molar-refractivity contribution is -0.147. The highest BCUT2D eigenvalue weighted by Gasteiger charge is 2.48. The van der Waals surface area contributed by atoms with Crippen LogP contribution in [0.1, 0.15) is 26.2 Å². The fourth-order valence-corrected chi connectivity index (χ4v) is 2.89. The third-order valence-corrected chi connectivity index (χ3v) is 4.06. The lowest BCUT2D eigenvalue weighted by atomic mass is 9.88. The van der Waals surface area contributed by atoms with Gasteiger partial charge in [-0.05, 0) is 30.9 Å². The molecule has 1 aliphatic rings. The van der Waals surface area contributed by atoms with Gasteiger partial charge in [0.1, 0.15) is 11.3 Å². The van der Waals surface area contributed by atoms with Gasteiger partial charge in [0.2, 0.25) is 0 Å². The molecule has 4 nitrogen and oxygen atoms in total. The molecule has 1 N–H and O–H groups in total. The second-order valence-electron chi connectivity index (χ2n) is 5.08. The summed E-state index contributed by atoms with van der Waals surface area (Å²) in [6, 6.07) is 7.64. The molecule has 1 aromatic carbocycles. The van der Waals surface area contributed by atoms with E-state index in [1.54, 1.807) is 7.11 Å². The highest BCUT2D eigenvalue weighted by molar-refractivity contribution is 5.86. The average molecular weight is 263 g/mol. The predicted octanol–water partition coefficient (Wildman–Crippen LogP) is 2.84. The van der Waals surface area contributed by atoms with Gasteiger partial charge in [-0.25, -0.2) is 4.79 Å². The third-order valence-electron chi connectivity index (χ3n) is 4.06. The Balaban J connectivity index is 2.33. The van der Waals surface area contributed by atoms with Crippen molar-refractivity contribution in [2.24, 2.45) is 5.92 Å². The van der Waals surface area contributed by atoms with Crippen LogP contribution in [0.4, 0.5) is 5.69 Å². The lowest BCUT2D eigenvalue weighted by Gasteiger charge is -2.33. The molecule has 1 saturated carbocycles. The normalized spacial score (nSPS) is 25.9. The van der Waals surface area contributed by atoms with Crippen LogP contribution in [-0.2, 0) is 9.53 Å². The van der Waals surface area contributed by atoms with E-state index in [0.29, 0.717) is 0 Å². The number of esters is 1. The van der Waals surface area contributed by atoms with E-state index < -0.39 is 5.54 Å². The molecule has 2 atom stereocenters. The minimum atomic E-state index is -0.636. The molecule has 0 aromatic heterocycles. The van der Waals surface area contributed by atoms with Crippen molar-refractivity contribution in [1.29, 1.82) is 0 Å². The maximum Gasteiger partial charge on any atom is 0.331 e. The largest absolute Gasteiger partial charge is 0.495 e. The van der Waals surface area contributed by atoms with Crippen LogP contribution in [-0.4, -0.2) is 25.7 Å². The number of para-hydroxylation sites is 2. The second-order valence-corrected chi connectivity index (χ2v) is 5.08. The van der Waals surface area contributed by atoms with Crippen molar-refractivity contribution >= 4 is 11.7 Å². The quantitative estimate of drug-likeness (QED) is 0.849. The third kappa shape index (κ3) is 2.39. The van der Waals surface area contributed by atoms with Crippen molar-refractivity contribution < 1.29 is 14.3 Å². The SMILES string of the molecule is COC(=O)C1(Nc2ccccc2OC)CCCC1C. The molecule has 1 aromatic rings. The van der Waals surface area contributed by atoms with Crippen LogP contribution in [0.25, 0.3) is 0 Å². The summed E-state index contributed by atoms with van der Waals surface area (Å²) in [5, 5.41) is 3.37. The zero-order chi connectivity index (χ0) is 13.9. The molecule has 1 fully saturated rings. The van der Waals surface area contributed by atoms with Crippen LogP contribution in [0.2, 0.25) is 0 Å². The van der Waals surface area contributed by atoms with Crippen LogP contribution >= 0.6 is 0 Å². The van der Waals surface area contributed by atoms with Gasteiger partial charge in [-0.15, -0.1) is 0 Å². The van der Waals surface area contributed by atoms with Gasteiger partial charge in [0.25, 0.3) is 0 Å². The molecule has 19 heavy (non-hydrogen) atoms. The van der Waals surface area contributed by atoms with Crippen molar-refractivity contribution in [1.82, 2.24) is 0 Å². The molecule has 2 unspecified atom stereocenters. The minimum absolute atomic E-state index is 0.191. The Morgan fingerprint density at radius 1 is 1.37 bits per heavy atom. The molecule has 4 heteroatoms. The topological polar surface area (TPSA) is 47.6 Å². The number of benzene rings is 1. The van der Waals surface area contributed by atoms with Crippen molar-refractivity contribution in [2.45, 2.75) is 31.7 Å². The number of carbonyl (C=O) groups excluding carboxylic acids is 1. The molecule has 104 valence electrons. The van der Waals surface area contributed by atoms with E-state index >= 15 is 0 Å². The Hall–Kier alpha value is -1.71. The smallest absolute Gasteiger partial charge is 0.331 e. The van der Waals surface area contributed by atoms with Crippen molar-refractivity contribution in [2.75, 3.05) is 19.5 Å². The fraction of sp³-hybridized carbons (Fsp3) is 0.533. The Labute approximate surface area is 114 Å². The van der Waals surface area contributed by atoms with E-state index in [9.17, 15) is 4.79 Å². The van der Waals surface area contributed by atoms with Crippen LogP contribution in [0.15, 0.2) is 24.3 Å². The number of nitrogens with one attached hydrogen (secondary N) is 1. The average Bonchev–Trinajstić information content (AvgIpc) is 2.81. The summed E-state index contributed by atoms with van der Waals surface area (Å²) >= 11 is 0. The summed E-state index contributed by atoms with van der Waals surface area (Å²) in [6.45, 7) is 2.09. The molecule has 0 amide bonds. The van der Waals surface area contributed by atoms with Crippen LogP contribution in [0, 0.1) is 5.92 Å². The summed E-state index contributed by atoms with van der Waals surface area (Å²) < 4.78 is 10.3. The van der Waals surface area contributed by atoms with Crippen molar-refractivity contribution in [3.8, 4) is 5.75 Å². The minimum Gasteiger partial charge on any atom is -0.495 e. The summed E-state index contributed by atoms with van der Waals surface area (Å²) in [4.78, 5) is 12.2. The predicted molar refractivity (Wildman–Crippen MR) is 74.4 cm³/mol. The number of rotatable bonds is 4. The van der Waals surface area contributed by atoms with Crippen molar-refractivity contribution in [3.05, 3.63) is 24.3 Å². The molecule has 0 spiro atoms. The monoisotopic (exact) mass is 263 g/mol. The number of hydrogen-bond donors (Lipinski definition) is 1. The van der Waals surface area contributed by atoms with Gasteiger partial charge in [0.15, 0.2) is 0 Å². The van der Waals surface area contributed by atoms with E-state index in [0.717, 1.165) is 30.7 Å². The molecule has 0 aliphatic heterocycles. The Bertz CT molecular complexity index is 460. The molecule has 0 heterocycles. The van der Waals surface area contributed by atoms with Gasteiger partial charge >= 0.3 is 5.97 Å². The highest BCUT2D eigenvalue weighted by Crippen LogP contribution is 2.40. The van der Waals surface area contributed by atoms with Gasteiger partial charge in [0.05, 0.1) is 19.9 Å². The first-order valence-electron chi connectivity index (χ1n) is 6.63. The van der Waals surface area contributed by atoms with E-state index in [4.69, 9.17) is 9.47 Å². The van der Waals surface area contributed by atoms with Gasteiger partial charge < -0.3 is 14.8 Å². The van der Waals surface area contributed by atoms with Crippen molar-refractivity contribution in [3.63, 3.8) is 0 Å². The highest BCUT2D eigenvalue weighted by atomic mass is 16.5. The zero-order valence-corrected chi connectivity index (χ0v) is 11.7. The number of methoxy groups -OCH3 is 2. The summed E-state index contributed by atoms with van der Waals surface area (Å²) in [5.74, 6) is 0.790. The molecule has 2 rings (SSSR count). The van der Waals surface area contributed by atoms with E-state index in [2.05, 4.69) is 12.2 Å². The summed E-state index contributed by atoms with van der Waals surface area (Å²) in [5.41, 5.74) is 0.202. The first kappa shape index (κ1) is 13.7. The number of ether oxygens (including phenoxy) is 2. The van der Waals surface area contributed by atoms with E-state index in [1.807, 2.05) is 24.3 Å². The van der Waals surface area contributed by atoms with Gasteiger partial charge in [0, 0.05) is 0 Å². The van der Waals surface area contributed by atoms with Crippen LogP contribution < -0.4 is 10.1 Å². The first-order valence-corrected chi connectivity index (χ1v) is 6.63.